The molecular weight excluding hydrogens is 408 g/mol. The summed E-state index contributed by atoms with van der Waals surface area (Å²) in [5, 5.41) is 0. The first-order valence-electron chi connectivity index (χ1n) is 10.5. The maximum absolute atomic E-state index is 12.9. The van der Waals surface area contributed by atoms with Gasteiger partial charge in [0, 0.05) is 24.7 Å². The van der Waals surface area contributed by atoms with Crippen LogP contribution in [0.25, 0.3) is 0 Å². The van der Waals surface area contributed by atoms with E-state index in [4.69, 9.17) is 0 Å². The second kappa shape index (κ2) is 9.04. The zero-order valence-electron chi connectivity index (χ0n) is 17.5. The number of amides is 1. The Morgan fingerprint density at radius 2 is 1.61 bits per heavy atom. The molecule has 160 valence electrons. The predicted molar refractivity (Wildman–Crippen MR) is 122 cm³/mol. The maximum atomic E-state index is 12.9. The van der Waals surface area contributed by atoms with Crippen molar-refractivity contribution in [2.24, 2.45) is 0 Å². The minimum atomic E-state index is -3.59. The summed E-state index contributed by atoms with van der Waals surface area (Å²) in [6.07, 6.45) is 1.84. The van der Waals surface area contributed by atoms with E-state index in [1.807, 2.05) is 53.4 Å². The molecular formula is C25H26N2O3S. The Balaban J connectivity index is 1.36. The first-order chi connectivity index (χ1) is 14.9. The highest BCUT2D eigenvalue weighted by Crippen LogP contribution is 2.32. The van der Waals surface area contributed by atoms with E-state index in [9.17, 15) is 13.2 Å². The molecule has 1 unspecified atom stereocenters. The van der Waals surface area contributed by atoms with Crippen LogP contribution in [-0.2, 0) is 34.2 Å². The van der Waals surface area contributed by atoms with Crippen molar-refractivity contribution >= 4 is 21.6 Å². The van der Waals surface area contributed by atoms with Gasteiger partial charge in [0.05, 0.1) is 4.90 Å². The molecule has 0 radical (unpaired) electrons. The largest absolute Gasteiger partial charge is 0.309 e. The van der Waals surface area contributed by atoms with Crippen LogP contribution in [0.15, 0.2) is 83.8 Å². The molecule has 31 heavy (non-hydrogen) atoms. The Labute approximate surface area is 183 Å². The summed E-state index contributed by atoms with van der Waals surface area (Å²) >= 11 is 0. The van der Waals surface area contributed by atoms with E-state index < -0.39 is 10.0 Å². The summed E-state index contributed by atoms with van der Waals surface area (Å²) in [6.45, 7) is 2.31. The number of anilines is 1. The van der Waals surface area contributed by atoms with Gasteiger partial charge in [-0.05, 0) is 54.7 Å². The van der Waals surface area contributed by atoms with E-state index in [0.29, 0.717) is 12.8 Å². The first-order valence-corrected chi connectivity index (χ1v) is 11.9. The number of fused-ring (bicyclic) bond motifs is 1. The van der Waals surface area contributed by atoms with Crippen molar-refractivity contribution in [2.75, 3.05) is 4.90 Å². The average Bonchev–Trinajstić information content (AvgIpc) is 3.13. The van der Waals surface area contributed by atoms with E-state index in [-0.39, 0.29) is 23.4 Å². The lowest BCUT2D eigenvalue weighted by Crippen LogP contribution is -2.35. The quantitative estimate of drug-likeness (QED) is 0.609. The number of aryl methyl sites for hydroxylation is 1. The number of rotatable bonds is 7. The highest BCUT2D eigenvalue weighted by molar-refractivity contribution is 7.89. The monoisotopic (exact) mass is 434 g/mol. The van der Waals surface area contributed by atoms with Crippen LogP contribution >= 0.6 is 0 Å². The van der Waals surface area contributed by atoms with Crippen LogP contribution < -0.4 is 9.62 Å². The number of nitrogens with one attached hydrogen (secondary N) is 1. The molecule has 0 aromatic heterocycles. The minimum absolute atomic E-state index is 0.0960. The fourth-order valence-electron chi connectivity index (χ4n) is 4.01. The van der Waals surface area contributed by atoms with Crippen molar-refractivity contribution in [2.45, 2.75) is 43.7 Å². The maximum Gasteiger partial charge on any atom is 0.240 e. The van der Waals surface area contributed by atoms with Crippen LogP contribution in [-0.4, -0.2) is 20.4 Å². The molecule has 0 aliphatic carbocycles. The fourth-order valence-corrected chi connectivity index (χ4v) is 5.03. The van der Waals surface area contributed by atoms with Gasteiger partial charge in [0.1, 0.15) is 0 Å². The van der Waals surface area contributed by atoms with E-state index in [1.165, 1.54) is 5.56 Å². The van der Waals surface area contributed by atoms with E-state index in [1.54, 1.807) is 24.3 Å². The van der Waals surface area contributed by atoms with Gasteiger partial charge in [0.15, 0.2) is 0 Å². The smallest absolute Gasteiger partial charge is 0.240 e. The third-order valence-electron chi connectivity index (χ3n) is 5.65. The normalized spacial score (nSPS) is 15.6. The van der Waals surface area contributed by atoms with Gasteiger partial charge in [-0.3, -0.25) is 4.79 Å². The Kier molecular flexibility index (Phi) is 6.20. The van der Waals surface area contributed by atoms with E-state index in [0.717, 1.165) is 23.2 Å². The highest BCUT2D eigenvalue weighted by atomic mass is 32.2. The third kappa shape index (κ3) is 4.86. The zero-order chi connectivity index (χ0) is 21.8. The second-order valence-corrected chi connectivity index (χ2v) is 9.67. The van der Waals surface area contributed by atoms with E-state index >= 15 is 0 Å². The second-order valence-electron chi connectivity index (χ2n) is 7.90. The van der Waals surface area contributed by atoms with Gasteiger partial charge in [-0.15, -0.1) is 0 Å². The van der Waals surface area contributed by atoms with Crippen molar-refractivity contribution in [3.05, 3.63) is 95.6 Å². The summed E-state index contributed by atoms with van der Waals surface area (Å²) in [6, 6.07) is 24.4. The molecule has 0 saturated carbocycles. The predicted octanol–water partition coefficient (Wildman–Crippen LogP) is 4.08. The van der Waals surface area contributed by atoms with Gasteiger partial charge >= 0.3 is 0 Å². The standard InChI is InChI=1S/C25H26N2O3S/c1-19-17-22-9-5-6-10-24(22)27(19)25(28)16-13-20-11-14-23(15-12-20)31(29,30)26-18-21-7-3-2-4-8-21/h2-12,14-15,19,26H,13,16-18H2,1H3. The molecule has 1 N–H and O–H groups in total. The topological polar surface area (TPSA) is 66.5 Å². The Hall–Kier alpha value is -2.96. The molecule has 0 bridgehead atoms. The number of carbonyl (C=O) groups is 1. The Morgan fingerprint density at radius 3 is 2.35 bits per heavy atom. The molecule has 3 aromatic rings. The summed E-state index contributed by atoms with van der Waals surface area (Å²) < 4.78 is 27.7. The number of para-hydroxylation sites is 1. The fraction of sp³-hybridized carbons (Fsp3) is 0.240. The van der Waals surface area contributed by atoms with Crippen molar-refractivity contribution in [1.29, 1.82) is 0 Å². The van der Waals surface area contributed by atoms with Crippen LogP contribution in [0.4, 0.5) is 5.69 Å². The molecule has 1 atom stereocenters. The molecule has 1 aliphatic heterocycles. The van der Waals surface area contributed by atoms with Gasteiger partial charge in [0.2, 0.25) is 15.9 Å². The van der Waals surface area contributed by atoms with Crippen molar-refractivity contribution in [3.8, 4) is 0 Å². The molecule has 1 aliphatic rings. The summed E-state index contributed by atoms with van der Waals surface area (Å²) in [5.41, 5.74) is 4.06. The lowest BCUT2D eigenvalue weighted by molar-refractivity contribution is -0.118. The first kappa shape index (κ1) is 21.3. The minimum Gasteiger partial charge on any atom is -0.309 e. The van der Waals surface area contributed by atoms with E-state index in [2.05, 4.69) is 17.7 Å². The van der Waals surface area contributed by atoms with Gasteiger partial charge in [-0.25, -0.2) is 13.1 Å². The molecule has 1 amide bonds. The Morgan fingerprint density at radius 1 is 0.935 bits per heavy atom. The molecule has 0 fully saturated rings. The highest BCUT2D eigenvalue weighted by Gasteiger charge is 2.30. The van der Waals surface area contributed by atoms with Crippen molar-refractivity contribution in [3.63, 3.8) is 0 Å². The summed E-state index contributed by atoms with van der Waals surface area (Å²) in [4.78, 5) is 15.0. The van der Waals surface area contributed by atoms with Crippen LogP contribution in [0.3, 0.4) is 0 Å². The number of sulfonamides is 1. The summed E-state index contributed by atoms with van der Waals surface area (Å²) in [7, 11) is -3.59. The lowest BCUT2D eigenvalue weighted by Gasteiger charge is -2.22. The molecule has 4 rings (SSSR count). The number of hydrogen-bond donors (Lipinski definition) is 1. The number of benzene rings is 3. The van der Waals surface area contributed by atoms with Crippen LogP contribution in [0.1, 0.15) is 30.0 Å². The number of hydrogen-bond acceptors (Lipinski definition) is 3. The van der Waals surface area contributed by atoms with Crippen molar-refractivity contribution < 1.29 is 13.2 Å². The number of carbonyl (C=O) groups excluding carboxylic acids is 1. The van der Waals surface area contributed by atoms with Crippen LogP contribution in [0.2, 0.25) is 0 Å². The van der Waals surface area contributed by atoms with Gasteiger partial charge in [-0.1, -0.05) is 60.7 Å². The van der Waals surface area contributed by atoms with Gasteiger partial charge < -0.3 is 4.90 Å². The average molecular weight is 435 g/mol. The molecule has 5 nitrogen and oxygen atoms in total. The van der Waals surface area contributed by atoms with Gasteiger partial charge in [0.25, 0.3) is 0 Å². The number of nitrogens with zero attached hydrogens (tertiary/aromatic N) is 1. The zero-order valence-corrected chi connectivity index (χ0v) is 18.3. The lowest BCUT2D eigenvalue weighted by atomic mass is 10.1. The molecule has 6 heteroatoms. The van der Waals surface area contributed by atoms with Gasteiger partial charge in [-0.2, -0.15) is 0 Å². The van der Waals surface area contributed by atoms with Crippen LogP contribution in [0.5, 0.6) is 0 Å². The molecule has 1 heterocycles. The van der Waals surface area contributed by atoms with Crippen molar-refractivity contribution in [1.82, 2.24) is 4.72 Å². The molecule has 0 saturated heterocycles. The Bertz CT molecular complexity index is 1160. The third-order valence-corrected chi connectivity index (χ3v) is 7.06. The summed E-state index contributed by atoms with van der Waals surface area (Å²) in [5.74, 6) is 0.0960. The van der Waals surface area contributed by atoms with Crippen LogP contribution in [0, 0.1) is 0 Å². The SMILES string of the molecule is CC1Cc2ccccc2N1C(=O)CCc1ccc(S(=O)(=O)NCc2ccccc2)cc1. The molecule has 0 spiro atoms. The molecule has 3 aromatic carbocycles.